The number of fused-ring (bicyclic) bond motifs is 1. The fourth-order valence-electron chi connectivity index (χ4n) is 3.17. The molecule has 0 aromatic carbocycles. The van der Waals surface area contributed by atoms with Gasteiger partial charge in [0, 0.05) is 13.1 Å². The van der Waals surface area contributed by atoms with Crippen molar-refractivity contribution in [1.29, 1.82) is 0 Å². The van der Waals surface area contributed by atoms with Gasteiger partial charge in [0.1, 0.15) is 23.4 Å². The topological polar surface area (TPSA) is 80.0 Å². The number of H-pyrrole nitrogens is 1. The smallest absolute Gasteiger partial charge is 0.328 e. The standard InChI is InChI=1S/C15H17N5O2/c1-10-2-3-12(22-10)8-19-5-4-11(7-19)20-14-13(18-15(20)21)6-16-9-17-14/h2-3,6,9,11H,4-5,7-8H2,1H3,(H,18,21)/t11-/m1/s1. The summed E-state index contributed by atoms with van der Waals surface area (Å²) in [4.78, 5) is 25.5. The summed E-state index contributed by atoms with van der Waals surface area (Å²) in [5.41, 5.74) is 1.25. The average molecular weight is 299 g/mol. The lowest BCUT2D eigenvalue weighted by atomic mass is 10.2. The van der Waals surface area contributed by atoms with E-state index in [0.717, 1.165) is 37.6 Å². The van der Waals surface area contributed by atoms with Crippen molar-refractivity contribution in [3.05, 3.63) is 46.7 Å². The van der Waals surface area contributed by atoms with Crippen molar-refractivity contribution in [1.82, 2.24) is 24.4 Å². The predicted molar refractivity (Wildman–Crippen MR) is 80.5 cm³/mol. The summed E-state index contributed by atoms with van der Waals surface area (Å²) in [5, 5.41) is 0. The van der Waals surface area contributed by atoms with Gasteiger partial charge in [-0.3, -0.25) is 9.47 Å². The minimum Gasteiger partial charge on any atom is -0.465 e. The van der Waals surface area contributed by atoms with E-state index in [-0.39, 0.29) is 11.7 Å². The zero-order valence-electron chi connectivity index (χ0n) is 12.3. The molecule has 1 aliphatic heterocycles. The van der Waals surface area contributed by atoms with Crippen molar-refractivity contribution >= 4 is 11.2 Å². The second-order valence-corrected chi connectivity index (χ2v) is 5.75. The van der Waals surface area contributed by atoms with Gasteiger partial charge in [0.15, 0.2) is 5.65 Å². The summed E-state index contributed by atoms with van der Waals surface area (Å²) < 4.78 is 7.38. The normalized spacial score (nSPS) is 19.2. The van der Waals surface area contributed by atoms with Crippen LogP contribution in [0.5, 0.6) is 0 Å². The third-order valence-corrected chi connectivity index (χ3v) is 4.17. The van der Waals surface area contributed by atoms with Gasteiger partial charge in [-0.25, -0.2) is 14.8 Å². The minimum absolute atomic E-state index is 0.115. The molecule has 0 saturated carbocycles. The fraction of sp³-hybridized carbons (Fsp3) is 0.400. The van der Waals surface area contributed by atoms with E-state index in [1.54, 1.807) is 10.8 Å². The molecule has 22 heavy (non-hydrogen) atoms. The average Bonchev–Trinajstić information content (AvgIpc) is 3.18. The quantitative estimate of drug-likeness (QED) is 0.792. The maximum atomic E-state index is 12.2. The van der Waals surface area contributed by atoms with Gasteiger partial charge in [-0.05, 0) is 25.5 Å². The molecule has 0 spiro atoms. The van der Waals surface area contributed by atoms with E-state index in [1.165, 1.54) is 6.33 Å². The molecule has 1 fully saturated rings. The number of furan rings is 1. The number of aryl methyl sites for hydroxylation is 1. The lowest BCUT2D eigenvalue weighted by Crippen LogP contribution is -2.26. The van der Waals surface area contributed by atoms with Crippen molar-refractivity contribution in [2.45, 2.75) is 25.9 Å². The molecule has 4 heterocycles. The summed E-state index contributed by atoms with van der Waals surface area (Å²) in [6.45, 7) is 4.48. The highest BCUT2D eigenvalue weighted by atomic mass is 16.3. The second-order valence-electron chi connectivity index (χ2n) is 5.75. The Kier molecular flexibility index (Phi) is 3.07. The first-order valence-electron chi connectivity index (χ1n) is 7.38. The Labute approximate surface area is 126 Å². The number of nitrogens with one attached hydrogen (secondary N) is 1. The van der Waals surface area contributed by atoms with E-state index in [0.29, 0.717) is 11.2 Å². The highest BCUT2D eigenvalue weighted by Gasteiger charge is 2.27. The highest BCUT2D eigenvalue weighted by Crippen LogP contribution is 2.24. The Morgan fingerprint density at radius 3 is 3.18 bits per heavy atom. The first-order chi connectivity index (χ1) is 10.7. The van der Waals surface area contributed by atoms with E-state index in [4.69, 9.17) is 4.42 Å². The van der Waals surface area contributed by atoms with Gasteiger partial charge < -0.3 is 9.40 Å². The molecule has 1 N–H and O–H groups in total. The summed E-state index contributed by atoms with van der Waals surface area (Å²) in [5.74, 6) is 1.89. The number of aromatic nitrogens is 4. The Morgan fingerprint density at radius 2 is 2.36 bits per heavy atom. The number of aromatic amines is 1. The first-order valence-corrected chi connectivity index (χ1v) is 7.38. The summed E-state index contributed by atoms with van der Waals surface area (Å²) in [6.07, 6.45) is 4.04. The van der Waals surface area contributed by atoms with Crippen LogP contribution in [0.25, 0.3) is 11.2 Å². The molecule has 4 rings (SSSR count). The SMILES string of the molecule is Cc1ccc(CN2CC[C@@H](n3c(=O)[nH]c4cncnc43)C2)o1. The Bertz CT molecular complexity index is 862. The van der Waals surface area contributed by atoms with E-state index in [1.807, 2.05) is 19.1 Å². The van der Waals surface area contributed by atoms with Crippen LogP contribution in [0, 0.1) is 6.92 Å². The molecule has 3 aromatic heterocycles. The number of hydrogen-bond acceptors (Lipinski definition) is 5. The number of imidazole rings is 1. The predicted octanol–water partition coefficient (Wildman–Crippen LogP) is 1.47. The van der Waals surface area contributed by atoms with Crippen molar-refractivity contribution in [3.8, 4) is 0 Å². The molecule has 0 unspecified atom stereocenters. The molecule has 1 atom stereocenters. The zero-order chi connectivity index (χ0) is 15.1. The van der Waals surface area contributed by atoms with Crippen LogP contribution in [0.1, 0.15) is 24.0 Å². The Hall–Kier alpha value is -2.41. The van der Waals surface area contributed by atoms with Gasteiger partial charge >= 0.3 is 5.69 Å². The van der Waals surface area contributed by atoms with Crippen molar-refractivity contribution < 1.29 is 4.42 Å². The van der Waals surface area contributed by atoms with Crippen LogP contribution in [-0.2, 0) is 6.54 Å². The fourth-order valence-corrected chi connectivity index (χ4v) is 3.17. The molecule has 0 aliphatic carbocycles. The minimum atomic E-state index is -0.115. The molecule has 7 heteroatoms. The van der Waals surface area contributed by atoms with Gasteiger partial charge in [-0.2, -0.15) is 0 Å². The molecular weight excluding hydrogens is 282 g/mol. The van der Waals surface area contributed by atoms with E-state index in [9.17, 15) is 4.79 Å². The molecule has 3 aromatic rings. The maximum absolute atomic E-state index is 12.2. The summed E-state index contributed by atoms with van der Waals surface area (Å²) in [7, 11) is 0. The molecule has 1 saturated heterocycles. The van der Waals surface area contributed by atoms with Gasteiger partial charge in [0.2, 0.25) is 0 Å². The monoisotopic (exact) mass is 299 g/mol. The lowest BCUT2D eigenvalue weighted by Gasteiger charge is -2.15. The van der Waals surface area contributed by atoms with Gasteiger partial charge in [0.25, 0.3) is 0 Å². The zero-order valence-corrected chi connectivity index (χ0v) is 12.3. The summed E-state index contributed by atoms with van der Waals surface area (Å²) in [6, 6.07) is 4.12. The van der Waals surface area contributed by atoms with Crippen LogP contribution in [0.2, 0.25) is 0 Å². The van der Waals surface area contributed by atoms with Crippen LogP contribution in [0.3, 0.4) is 0 Å². The first kappa shape index (κ1) is 13.3. The van der Waals surface area contributed by atoms with Crippen LogP contribution in [-0.4, -0.2) is 37.5 Å². The van der Waals surface area contributed by atoms with Gasteiger partial charge in [-0.1, -0.05) is 0 Å². The molecular formula is C15H17N5O2. The van der Waals surface area contributed by atoms with Crippen molar-refractivity contribution in [2.24, 2.45) is 0 Å². The van der Waals surface area contributed by atoms with Crippen molar-refractivity contribution in [3.63, 3.8) is 0 Å². The molecule has 0 amide bonds. The maximum Gasteiger partial charge on any atom is 0.328 e. The van der Waals surface area contributed by atoms with Gasteiger partial charge in [-0.15, -0.1) is 0 Å². The Balaban J connectivity index is 1.57. The third kappa shape index (κ3) is 2.23. The number of hydrogen-bond donors (Lipinski definition) is 1. The number of likely N-dealkylation sites (tertiary alicyclic amines) is 1. The number of nitrogens with zero attached hydrogens (tertiary/aromatic N) is 4. The largest absolute Gasteiger partial charge is 0.465 e. The molecule has 0 bridgehead atoms. The lowest BCUT2D eigenvalue weighted by molar-refractivity contribution is 0.284. The van der Waals surface area contributed by atoms with E-state index >= 15 is 0 Å². The summed E-state index contributed by atoms with van der Waals surface area (Å²) >= 11 is 0. The third-order valence-electron chi connectivity index (χ3n) is 4.17. The molecule has 114 valence electrons. The Morgan fingerprint density at radius 1 is 1.45 bits per heavy atom. The molecule has 1 aliphatic rings. The highest BCUT2D eigenvalue weighted by molar-refractivity contribution is 5.69. The second kappa shape index (κ2) is 5.10. The van der Waals surface area contributed by atoms with Crippen LogP contribution < -0.4 is 5.69 Å². The molecule has 7 nitrogen and oxygen atoms in total. The molecule has 0 radical (unpaired) electrons. The van der Waals surface area contributed by atoms with Crippen LogP contribution >= 0.6 is 0 Å². The van der Waals surface area contributed by atoms with E-state index < -0.39 is 0 Å². The van der Waals surface area contributed by atoms with Crippen molar-refractivity contribution in [2.75, 3.05) is 13.1 Å². The van der Waals surface area contributed by atoms with Crippen LogP contribution in [0.4, 0.5) is 0 Å². The van der Waals surface area contributed by atoms with Gasteiger partial charge in [0.05, 0.1) is 18.8 Å². The van der Waals surface area contributed by atoms with E-state index in [2.05, 4.69) is 19.9 Å². The number of rotatable bonds is 3. The van der Waals surface area contributed by atoms with Crippen LogP contribution in [0.15, 0.2) is 33.9 Å².